The minimum atomic E-state index is -2.53. The molecular weight excluding hydrogens is 176 g/mol. The van der Waals surface area contributed by atoms with Gasteiger partial charge < -0.3 is 10.6 Å². The highest BCUT2D eigenvalue weighted by atomic mass is 19.3. The first kappa shape index (κ1) is 8.72. The van der Waals surface area contributed by atoms with Crippen LogP contribution in [0.3, 0.4) is 0 Å². The van der Waals surface area contributed by atoms with Crippen molar-refractivity contribution in [2.75, 3.05) is 13.1 Å². The largest absolute Gasteiger partial charge is 0.370 e. The molecule has 1 heterocycles. The maximum Gasteiger partial charge on any atom is 0.252 e. The Morgan fingerprint density at radius 2 is 2.15 bits per heavy atom. The number of hydrogen-bond acceptors (Lipinski definition) is 1. The number of likely N-dealkylation sites (tertiary alicyclic amines) is 1. The van der Waals surface area contributed by atoms with E-state index < -0.39 is 11.8 Å². The molecule has 2 rings (SSSR count). The summed E-state index contributed by atoms with van der Waals surface area (Å²) >= 11 is 0. The number of rotatable bonds is 0. The molecular formula is C8H13F2N3. The fourth-order valence-corrected chi connectivity index (χ4v) is 2.40. The van der Waals surface area contributed by atoms with Gasteiger partial charge in [0.05, 0.1) is 0 Å². The number of nitrogens with two attached hydrogens (primary N) is 1. The summed E-state index contributed by atoms with van der Waals surface area (Å²) in [6, 6.07) is 0. The first-order valence-corrected chi connectivity index (χ1v) is 4.47. The molecule has 5 heteroatoms. The summed E-state index contributed by atoms with van der Waals surface area (Å²) < 4.78 is 26.4. The molecule has 1 saturated carbocycles. The highest BCUT2D eigenvalue weighted by Gasteiger charge is 2.54. The summed E-state index contributed by atoms with van der Waals surface area (Å²) in [6.07, 6.45) is 0.579. The highest BCUT2D eigenvalue weighted by Crippen LogP contribution is 2.47. The zero-order valence-electron chi connectivity index (χ0n) is 7.26. The minimum Gasteiger partial charge on any atom is -0.370 e. The first-order chi connectivity index (χ1) is 6.00. The van der Waals surface area contributed by atoms with Crippen molar-refractivity contribution in [2.45, 2.75) is 18.8 Å². The monoisotopic (exact) mass is 189 g/mol. The van der Waals surface area contributed by atoms with Crippen LogP contribution < -0.4 is 5.73 Å². The molecule has 0 aromatic carbocycles. The topological polar surface area (TPSA) is 53.1 Å². The van der Waals surface area contributed by atoms with Gasteiger partial charge in [0.2, 0.25) is 0 Å². The van der Waals surface area contributed by atoms with Gasteiger partial charge >= 0.3 is 0 Å². The Morgan fingerprint density at radius 1 is 1.46 bits per heavy atom. The second-order valence-corrected chi connectivity index (χ2v) is 3.96. The van der Waals surface area contributed by atoms with E-state index in [2.05, 4.69) is 0 Å². The van der Waals surface area contributed by atoms with Gasteiger partial charge in [-0.25, -0.2) is 8.78 Å². The number of nitrogens with zero attached hydrogens (tertiary/aromatic N) is 1. The first-order valence-electron chi connectivity index (χ1n) is 4.47. The van der Waals surface area contributed by atoms with Crippen molar-refractivity contribution in [2.24, 2.45) is 17.6 Å². The van der Waals surface area contributed by atoms with Crippen molar-refractivity contribution in [3.05, 3.63) is 0 Å². The van der Waals surface area contributed by atoms with E-state index in [1.807, 2.05) is 0 Å². The van der Waals surface area contributed by atoms with Crippen molar-refractivity contribution < 1.29 is 8.78 Å². The minimum absolute atomic E-state index is 0.00801. The predicted molar refractivity (Wildman–Crippen MR) is 44.6 cm³/mol. The molecule has 2 fully saturated rings. The van der Waals surface area contributed by atoms with E-state index in [9.17, 15) is 8.78 Å². The smallest absolute Gasteiger partial charge is 0.252 e. The molecule has 0 unspecified atom stereocenters. The van der Waals surface area contributed by atoms with Crippen LogP contribution in [0.5, 0.6) is 0 Å². The molecule has 74 valence electrons. The third-order valence-corrected chi connectivity index (χ3v) is 3.17. The summed E-state index contributed by atoms with van der Waals surface area (Å²) in [5.74, 6) is -3.14. The van der Waals surface area contributed by atoms with Gasteiger partial charge in [0, 0.05) is 25.4 Å². The molecule has 0 bridgehead atoms. The van der Waals surface area contributed by atoms with E-state index in [1.165, 1.54) is 0 Å². The van der Waals surface area contributed by atoms with Gasteiger partial charge in [-0.15, -0.1) is 0 Å². The Balaban J connectivity index is 2.10. The van der Waals surface area contributed by atoms with E-state index in [4.69, 9.17) is 11.1 Å². The molecule has 0 radical (unpaired) electrons. The molecule has 0 aromatic rings. The molecule has 2 atom stereocenters. The van der Waals surface area contributed by atoms with Gasteiger partial charge in [-0.2, -0.15) is 0 Å². The van der Waals surface area contributed by atoms with Crippen LogP contribution in [-0.2, 0) is 0 Å². The maximum absolute atomic E-state index is 13.2. The summed E-state index contributed by atoms with van der Waals surface area (Å²) in [5.41, 5.74) is 5.25. The lowest BCUT2D eigenvalue weighted by Gasteiger charge is -2.19. The summed E-state index contributed by atoms with van der Waals surface area (Å²) in [6.45, 7) is 0.794. The zero-order chi connectivity index (χ0) is 9.64. The Kier molecular flexibility index (Phi) is 1.72. The fraction of sp³-hybridized carbons (Fsp3) is 0.875. The molecule has 1 aliphatic heterocycles. The van der Waals surface area contributed by atoms with Crippen molar-refractivity contribution in [1.82, 2.24) is 4.90 Å². The van der Waals surface area contributed by atoms with Gasteiger partial charge in [0.15, 0.2) is 5.96 Å². The molecule has 0 spiro atoms. The lowest BCUT2D eigenvalue weighted by Crippen LogP contribution is -2.37. The third-order valence-electron chi connectivity index (χ3n) is 3.17. The number of hydrogen-bond donors (Lipinski definition) is 2. The van der Waals surface area contributed by atoms with Crippen LogP contribution in [0.2, 0.25) is 0 Å². The van der Waals surface area contributed by atoms with Crippen LogP contribution in [0.4, 0.5) is 8.78 Å². The molecule has 2 aliphatic rings. The molecule has 0 aromatic heterocycles. The number of alkyl halides is 2. The maximum atomic E-state index is 13.2. The van der Waals surface area contributed by atoms with Crippen molar-refractivity contribution >= 4 is 5.96 Å². The molecule has 3 nitrogen and oxygen atoms in total. The average molecular weight is 189 g/mol. The lowest BCUT2D eigenvalue weighted by atomic mass is 9.99. The van der Waals surface area contributed by atoms with Gasteiger partial charge in [-0.3, -0.25) is 5.41 Å². The van der Waals surface area contributed by atoms with Gasteiger partial charge in [-0.05, 0) is 12.3 Å². The van der Waals surface area contributed by atoms with Crippen LogP contribution in [0.15, 0.2) is 0 Å². The molecule has 1 aliphatic carbocycles. The Hall–Kier alpha value is -0.870. The molecule has 1 saturated heterocycles. The predicted octanol–water partition coefficient (Wildman–Crippen LogP) is 0.857. The van der Waals surface area contributed by atoms with Crippen LogP contribution in [0.1, 0.15) is 12.8 Å². The summed E-state index contributed by atoms with van der Waals surface area (Å²) in [5, 5.41) is 7.16. The van der Waals surface area contributed by atoms with E-state index in [0.717, 1.165) is 0 Å². The number of fused-ring (bicyclic) bond motifs is 1. The van der Waals surface area contributed by atoms with E-state index >= 15 is 0 Å². The second-order valence-electron chi connectivity index (χ2n) is 3.96. The summed E-state index contributed by atoms with van der Waals surface area (Å²) in [4.78, 5) is 1.54. The second kappa shape index (κ2) is 2.56. The Labute approximate surface area is 75.4 Å². The molecule has 3 N–H and O–H groups in total. The summed E-state index contributed by atoms with van der Waals surface area (Å²) in [7, 11) is 0. The quantitative estimate of drug-likeness (QED) is 0.438. The van der Waals surface area contributed by atoms with Crippen LogP contribution in [-0.4, -0.2) is 29.9 Å². The number of nitrogens with one attached hydrogen (secondary N) is 1. The van der Waals surface area contributed by atoms with E-state index in [1.54, 1.807) is 4.90 Å². The number of guanidine groups is 1. The molecule has 0 amide bonds. The Morgan fingerprint density at radius 3 is 2.69 bits per heavy atom. The van der Waals surface area contributed by atoms with Crippen molar-refractivity contribution in [1.29, 1.82) is 5.41 Å². The van der Waals surface area contributed by atoms with Gasteiger partial charge in [0.1, 0.15) is 0 Å². The lowest BCUT2D eigenvalue weighted by molar-refractivity contribution is -0.0380. The highest BCUT2D eigenvalue weighted by molar-refractivity contribution is 5.75. The fourth-order valence-electron chi connectivity index (χ4n) is 2.40. The van der Waals surface area contributed by atoms with Crippen LogP contribution in [0.25, 0.3) is 0 Å². The zero-order valence-corrected chi connectivity index (χ0v) is 7.26. The normalized spacial score (nSPS) is 36.3. The Bertz CT molecular complexity index is 242. The SMILES string of the molecule is N=C(N)N1C[C@@H]2CCC(F)(F)[C@@H]2C1. The number of halogens is 2. The average Bonchev–Trinajstić information content (AvgIpc) is 2.53. The van der Waals surface area contributed by atoms with Crippen LogP contribution >= 0.6 is 0 Å². The van der Waals surface area contributed by atoms with E-state index in [0.29, 0.717) is 13.0 Å². The van der Waals surface area contributed by atoms with E-state index in [-0.39, 0.29) is 24.8 Å². The van der Waals surface area contributed by atoms with Gasteiger partial charge in [0.25, 0.3) is 5.92 Å². The van der Waals surface area contributed by atoms with Gasteiger partial charge in [-0.1, -0.05) is 0 Å². The molecule has 13 heavy (non-hydrogen) atoms. The van der Waals surface area contributed by atoms with Crippen LogP contribution in [0, 0.1) is 17.2 Å². The standard InChI is InChI=1S/C8H13F2N3/c9-8(10)2-1-5-3-13(7(11)12)4-6(5)8/h5-6H,1-4H2,(H3,11,12)/t5-,6+/m0/s1. The van der Waals surface area contributed by atoms with Crippen molar-refractivity contribution in [3.63, 3.8) is 0 Å². The third kappa shape index (κ3) is 1.26. The van der Waals surface area contributed by atoms with Crippen molar-refractivity contribution in [3.8, 4) is 0 Å².